The maximum Gasteiger partial charge on any atom is 0.317 e. The molecule has 0 radical (unpaired) electrons. The number of carbonyl (C=O) groups is 1. The second-order valence-corrected chi connectivity index (χ2v) is 4.64. The van der Waals surface area contributed by atoms with E-state index in [1.165, 1.54) is 0 Å². The molecule has 106 valence electrons. The maximum absolute atomic E-state index is 11.8. The molecular weight excluding hydrogens is 264 g/mol. The van der Waals surface area contributed by atoms with Gasteiger partial charge in [0.25, 0.3) is 0 Å². The maximum atomic E-state index is 11.8. The van der Waals surface area contributed by atoms with Crippen LogP contribution in [0, 0.1) is 0 Å². The Morgan fingerprint density at radius 3 is 2.84 bits per heavy atom. The number of amides is 2. The van der Waals surface area contributed by atoms with Gasteiger partial charge in [0.15, 0.2) is 0 Å². The number of rotatable bonds is 7. The van der Waals surface area contributed by atoms with E-state index in [2.05, 4.69) is 5.32 Å². The largest absolute Gasteiger partial charge is 0.382 e. The van der Waals surface area contributed by atoms with Gasteiger partial charge in [-0.1, -0.05) is 29.8 Å². The third kappa shape index (κ3) is 5.94. The highest BCUT2D eigenvalue weighted by atomic mass is 35.5. The average Bonchev–Trinajstić information content (AvgIpc) is 2.41. The highest BCUT2D eigenvalue weighted by Gasteiger charge is 2.09. The number of nitrogens with one attached hydrogen (secondary N) is 1. The molecule has 0 saturated heterocycles. The van der Waals surface area contributed by atoms with E-state index in [0.717, 1.165) is 12.0 Å². The van der Waals surface area contributed by atoms with E-state index in [1.807, 2.05) is 31.2 Å². The van der Waals surface area contributed by atoms with Crippen molar-refractivity contribution in [2.75, 3.05) is 26.8 Å². The molecule has 1 aromatic rings. The quantitative estimate of drug-likeness (QED) is 0.782. The van der Waals surface area contributed by atoms with Crippen LogP contribution in [0.25, 0.3) is 0 Å². The van der Waals surface area contributed by atoms with Gasteiger partial charge in [-0.2, -0.15) is 0 Å². The molecule has 19 heavy (non-hydrogen) atoms. The summed E-state index contributed by atoms with van der Waals surface area (Å²) in [7, 11) is 1.75. The topological polar surface area (TPSA) is 41.6 Å². The van der Waals surface area contributed by atoms with Crippen molar-refractivity contribution in [3.63, 3.8) is 0 Å². The summed E-state index contributed by atoms with van der Waals surface area (Å²) in [4.78, 5) is 13.4. The summed E-state index contributed by atoms with van der Waals surface area (Å²) in [5, 5.41) is 3.52. The normalized spacial score (nSPS) is 10.3. The van der Waals surface area contributed by atoms with Crippen molar-refractivity contribution in [1.82, 2.24) is 10.2 Å². The number of ether oxygens (including phenoxy) is 1. The third-order valence-corrected chi connectivity index (χ3v) is 3.03. The van der Waals surface area contributed by atoms with Gasteiger partial charge in [0, 0.05) is 38.4 Å². The van der Waals surface area contributed by atoms with Crippen LogP contribution < -0.4 is 5.32 Å². The van der Waals surface area contributed by atoms with Gasteiger partial charge in [0.1, 0.15) is 0 Å². The first kappa shape index (κ1) is 15.8. The van der Waals surface area contributed by atoms with Gasteiger partial charge >= 0.3 is 6.03 Å². The zero-order chi connectivity index (χ0) is 14.1. The summed E-state index contributed by atoms with van der Waals surface area (Å²) < 4.78 is 5.20. The van der Waals surface area contributed by atoms with Crippen molar-refractivity contribution in [3.8, 4) is 0 Å². The summed E-state index contributed by atoms with van der Waals surface area (Å²) in [5.41, 5.74) is 0.941. The molecule has 0 atom stereocenters. The molecule has 5 heteroatoms. The van der Waals surface area contributed by atoms with Crippen molar-refractivity contribution >= 4 is 17.6 Å². The molecule has 0 aliphatic carbocycles. The van der Waals surface area contributed by atoms with E-state index in [1.54, 1.807) is 11.9 Å². The second-order valence-electron chi connectivity index (χ2n) is 4.23. The van der Waals surface area contributed by atoms with Gasteiger partial charge in [-0.05, 0) is 25.0 Å². The molecule has 0 fully saturated rings. The van der Waals surface area contributed by atoms with Gasteiger partial charge < -0.3 is 15.0 Å². The number of urea groups is 1. The van der Waals surface area contributed by atoms with Crippen LogP contribution in [0.2, 0.25) is 5.02 Å². The number of carbonyl (C=O) groups excluding carboxylic acids is 1. The molecule has 0 heterocycles. The minimum Gasteiger partial charge on any atom is -0.382 e. The molecule has 0 aliphatic heterocycles. The lowest BCUT2D eigenvalue weighted by Gasteiger charge is -2.18. The minimum atomic E-state index is -0.101. The fourth-order valence-corrected chi connectivity index (χ4v) is 1.80. The van der Waals surface area contributed by atoms with Crippen LogP contribution in [-0.2, 0) is 11.3 Å². The molecular formula is C14H21ClN2O2. The van der Waals surface area contributed by atoms with Crippen LogP contribution in [0.5, 0.6) is 0 Å². The Kier molecular flexibility index (Phi) is 7.30. The smallest absolute Gasteiger partial charge is 0.317 e. The predicted octanol–water partition coefficient (Wildman–Crippen LogP) is 2.91. The Bertz CT molecular complexity index is 399. The van der Waals surface area contributed by atoms with Crippen molar-refractivity contribution in [1.29, 1.82) is 0 Å². The van der Waals surface area contributed by atoms with Gasteiger partial charge in [0.05, 0.1) is 0 Å². The highest BCUT2D eigenvalue weighted by molar-refractivity contribution is 6.31. The first-order valence-electron chi connectivity index (χ1n) is 6.45. The first-order valence-corrected chi connectivity index (χ1v) is 6.83. The molecule has 0 aromatic heterocycles. The Morgan fingerprint density at radius 1 is 1.42 bits per heavy atom. The number of benzene rings is 1. The van der Waals surface area contributed by atoms with E-state index < -0.39 is 0 Å². The van der Waals surface area contributed by atoms with Crippen LogP contribution in [0.4, 0.5) is 4.79 Å². The molecule has 2 amide bonds. The van der Waals surface area contributed by atoms with Crippen LogP contribution in [0.15, 0.2) is 24.3 Å². The summed E-state index contributed by atoms with van der Waals surface area (Å²) >= 11 is 6.06. The Morgan fingerprint density at radius 2 is 2.16 bits per heavy atom. The summed E-state index contributed by atoms with van der Waals surface area (Å²) in [5.74, 6) is 0. The third-order valence-electron chi connectivity index (χ3n) is 2.66. The van der Waals surface area contributed by atoms with Crippen molar-refractivity contribution < 1.29 is 9.53 Å². The predicted molar refractivity (Wildman–Crippen MR) is 77.4 cm³/mol. The molecule has 0 aliphatic rings. The van der Waals surface area contributed by atoms with Gasteiger partial charge in [-0.15, -0.1) is 0 Å². The SMILES string of the molecule is CCOCCCNC(=O)N(C)Cc1ccccc1Cl. The van der Waals surface area contributed by atoms with Crippen LogP contribution in [0.3, 0.4) is 0 Å². The van der Waals surface area contributed by atoms with Crippen LogP contribution >= 0.6 is 11.6 Å². The molecule has 1 rings (SSSR count). The van der Waals surface area contributed by atoms with E-state index in [0.29, 0.717) is 31.3 Å². The molecule has 1 aromatic carbocycles. The lowest BCUT2D eigenvalue weighted by molar-refractivity contribution is 0.144. The number of hydrogen-bond acceptors (Lipinski definition) is 2. The molecule has 0 bridgehead atoms. The lowest BCUT2D eigenvalue weighted by atomic mass is 10.2. The van der Waals surface area contributed by atoms with E-state index in [9.17, 15) is 4.79 Å². The standard InChI is InChI=1S/C14H21ClN2O2/c1-3-19-10-6-9-16-14(18)17(2)11-12-7-4-5-8-13(12)15/h4-5,7-8H,3,6,9-11H2,1-2H3,(H,16,18). The summed E-state index contributed by atoms with van der Waals surface area (Å²) in [6, 6.07) is 7.43. The van der Waals surface area contributed by atoms with Crippen LogP contribution in [-0.4, -0.2) is 37.7 Å². The monoisotopic (exact) mass is 284 g/mol. The van der Waals surface area contributed by atoms with Crippen LogP contribution in [0.1, 0.15) is 18.9 Å². The molecule has 4 nitrogen and oxygen atoms in total. The van der Waals surface area contributed by atoms with Gasteiger partial charge in [-0.3, -0.25) is 0 Å². The Labute approximate surface area is 119 Å². The van der Waals surface area contributed by atoms with Crippen molar-refractivity contribution in [2.45, 2.75) is 19.9 Å². The number of hydrogen-bond donors (Lipinski definition) is 1. The zero-order valence-corrected chi connectivity index (χ0v) is 12.2. The Balaban J connectivity index is 2.31. The molecule has 0 spiro atoms. The van der Waals surface area contributed by atoms with Gasteiger partial charge in [-0.25, -0.2) is 4.79 Å². The zero-order valence-electron chi connectivity index (χ0n) is 11.5. The Hall–Kier alpha value is -1.26. The first-order chi connectivity index (χ1) is 9.15. The van der Waals surface area contributed by atoms with Crippen molar-refractivity contribution in [3.05, 3.63) is 34.9 Å². The number of nitrogens with zero attached hydrogens (tertiary/aromatic N) is 1. The van der Waals surface area contributed by atoms with E-state index in [-0.39, 0.29) is 6.03 Å². The average molecular weight is 285 g/mol. The lowest BCUT2D eigenvalue weighted by Crippen LogP contribution is -2.37. The van der Waals surface area contributed by atoms with E-state index >= 15 is 0 Å². The van der Waals surface area contributed by atoms with Crippen molar-refractivity contribution in [2.24, 2.45) is 0 Å². The summed E-state index contributed by atoms with van der Waals surface area (Å²) in [6.45, 7) is 4.45. The number of halogens is 1. The minimum absolute atomic E-state index is 0.101. The molecule has 0 unspecified atom stereocenters. The fourth-order valence-electron chi connectivity index (χ4n) is 1.60. The second kappa shape index (κ2) is 8.77. The summed E-state index contributed by atoms with van der Waals surface area (Å²) in [6.07, 6.45) is 0.819. The fraction of sp³-hybridized carbons (Fsp3) is 0.500. The molecule has 0 saturated carbocycles. The molecule has 1 N–H and O–H groups in total. The van der Waals surface area contributed by atoms with Gasteiger partial charge in [0.2, 0.25) is 0 Å². The van der Waals surface area contributed by atoms with E-state index in [4.69, 9.17) is 16.3 Å². The highest BCUT2D eigenvalue weighted by Crippen LogP contribution is 2.16.